The van der Waals surface area contributed by atoms with Crippen molar-refractivity contribution in [1.82, 2.24) is 4.90 Å². The summed E-state index contributed by atoms with van der Waals surface area (Å²) in [4.78, 5) is 24.7. The minimum Gasteiger partial charge on any atom is -0.508 e. The average Bonchev–Trinajstić information content (AvgIpc) is 2.26. The van der Waals surface area contributed by atoms with Gasteiger partial charge in [-0.05, 0) is 30.7 Å². The second-order valence-corrected chi connectivity index (χ2v) is 5.10. The fourth-order valence-corrected chi connectivity index (χ4v) is 2.25. The Morgan fingerprint density at radius 3 is 2.53 bits per heavy atom. The molecule has 0 spiro atoms. The molecule has 1 atom stereocenters. The molecule has 2 rings (SSSR count). The van der Waals surface area contributed by atoms with Crippen molar-refractivity contribution in [3.05, 3.63) is 29.3 Å². The number of phenols is 1. The highest BCUT2D eigenvalue weighted by Gasteiger charge is 2.37. The van der Waals surface area contributed by atoms with E-state index in [4.69, 9.17) is 5.11 Å². The van der Waals surface area contributed by atoms with Gasteiger partial charge in [-0.3, -0.25) is 9.59 Å². The zero-order chi connectivity index (χ0) is 14.2. The van der Waals surface area contributed by atoms with E-state index in [1.54, 1.807) is 30.9 Å². The Hall–Kier alpha value is -2.04. The summed E-state index contributed by atoms with van der Waals surface area (Å²) < 4.78 is 0. The summed E-state index contributed by atoms with van der Waals surface area (Å²) in [7, 11) is 0. The fraction of sp³-hybridized carbons (Fsp3) is 0.429. The molecule has 0 bridgehead atoms. The van der Waals surface area contributed by atoms with E-state index >= 15 is 0 Å². The molecule has 0 aromatic heterocycles. The predicted molar refractivity (Wildman–Crippen MR) is 69.0 cm³/mol. The molecular formula is C14H17NO4. The number of aryl methyl sites for hydroxylation is 1. The highest BCUT2D eigenvalue weighted by atomic mass is 16.4. The molecule has 1 saturated heterocycles. The number of rotatable bonds is 3. The van der Waals surface area contributed by atoms with Gasteiger partial charge >= 0.3 is 5.97 Å². The maximum Gasteiger partial charge on any atom is 0.306 e. The van der Waals surface area contributed by atoms with E-state index in [1.807, 2.05) is 0 Å². The van der Waals surface area contributed by atoms with E-state index in [0.717, 1.165) is 5.56 Å². The van der Waals surface area contributed by atoms with Crippen LogP contribution in [-0.2, 0) is 4.79 Å². The van der Waals surface area contributed by atoms with Gasteiger partial charge in [-0.25, -0.2) is 0 Å². The summed E-state index contributed by atoms with van der Waals surface area (Å²) >= 11 is 0. The van der Waals surface area contributed by atoms with Gasteiger partial charge < -0.3 is 15.1 Å². The standard InChI is InChI=1S/C14H17NO4/c1-8-5-11(16)3-4-12(8)13(17)15-6-10(7-15)9(2)14(18)19/h3-5,9-10,16H,6-7H2,1-2H3,(H,18,19). The first-order valence-electron chi connectivity index (χ1n) is 6.22. The quantitative estimate of drug-likeness (QED) is 0.866. The number of amides is 1. The monoisotopic (exact) mass is 263 g/mol. The maximum atomic E-state index is 12.2. The number of benzene rings is 1. The number of likely N-dealkylation sites (tertiary alicyclic amines) is 1. The van der Waals surface area contributed by atoms with E-state index < -0.39 is 11.9 Å². The number of nitrogens with zero attached hydrogens (tertiary/aromatic N) is 1. The molecule has 2 N–H and O–H groups in total. The van der Waals surface area contributed by atoms with Crippen LogP contribution in [0, 0.1) is 18.8 Å². The average molecular weight is 263 g/mol. The van der Waals surface area contributed by atoms with Crippen LogP contribution in [-0.4, -0.2) is 40.1 Å². The van der Waals surface area contributed by atoms with Gasteiger partial charge in [0.05, 0.1) is 5.92 Å². The first kappa shape index (κ1) is 13.4. The number of carboxylic acid groups (broad SMARTS) is 1. The van der Waals surface area contributed by atoms with Crippen LogP contribution in [0.1, 0.15) is 22.8 Å². The van der Waals surface area contributed by atoms with Gasteiger partial charge in [0.2, 0.25) is 0 Å². The van der Waals surface area contributed by atoms with Crippen molar-refractivity contribution in [2.75, 3.05) is 13.1 Å². The zero-order valence-corrected chi connectivity index (χ0v) is 11.0. The van der Waals surface area contributed by atoms with Crippen LogP contribution in [0.5, 0.6) is 5.75 Å². The molecule has 1 aliphatic heterocycles. The first-order chi connectivity index (χ1) is 8.90. The van der Waals surface area contributed by atoms with Crippen molar-refractivity contribution < 1.29 is 19.8 Å². The molecule has 5 heteroatoms. The lowest BCUT2D eigenvalue weighted by atomic mass is 9.86. The molecule has 19 heavy (non-hydrogen) atoms. The number of hydrogen-bond acceptors (Lipinski definition) is 3. The third-order valence-corrected chi connectivity index (χ3v) is 3.73. The lowest BCUT2D eigenvalue weighted by Gasteiger charge is -2.41. The Kier molecular flexibility index (Phi) is 3.46. The van der Waals surface area contributed by atoms with Gasteiger partial charge in [-0.15, -0.1) is 0 Å². The van der Waals surface area contributed by atoms with Crippen molar-refractivity contribution in [1.29, 1.82) is 0 Å². The summed E-state index contributed by atoms with van der Waals surface area (Å²) in [5, 5.41) is 18.2. The molecule has 1 aromatic rings. The molecule has 0 aliphatic carbocycles. The Balaban J connectivity index is 2.02. The second-order valence-electron chi connectivity index (χ2n) is 5.10. The van der Waals surface area contributed by atoms with E-state index in [9.17, 15) is 14.7 Å². The molecule has 5 nitrogen and oxygen atoms in total. The molecule has 1 fully saturated rings. The molecule has 1 unspecified atom stereocenters. The van der Waals surface area contributed by atoms with Crippen molar-refractivity contribution in [3.63, 3.8) is 0 Å². The summed E-state index contributed by atoms with van der Waals surface area (Å²) in [6.07, 6.45) is 0. The van der Waals surface area contributed by atoms with Crippen molar-refractivity contribution in [2.24, 2.45) is 11.8 Å². The number of carboxylic acids is 1. The number of carbonyl (C=O) groups excluding carboxylic acids is 1. The van der Waals surface area contributed by atoms with Gasteiger partial charge in [-0.1, -0.05) is 6.92 Å². The summed E-state index contributed by atoms with van der Waals surface area (Å²) in [5.74, 6) is -1.19. The van der Waals surface area contributed by atoms with Crippen LogP contribution < -0.4 is 0 Å². The van der Waals surface area contributed by atoms with Crippen LogP contribution in [0.4, 0.5) is 0 Å². The van der Waals surface area contributed by atoms with Gasteiger partial charge in [-0.2, -0.15) is 0 Å². The predicted octanol–water partition coefficient (Wildman–Crippen LogP) is 1.49. The normalized spacial score (nSPS) is 16.8. The van der Waals surface area contributed by atoms with Crippen LogP contribution in [0.3, 0.4) is 0 Å². The molecule has 1 aromatic carbocycles. The first-order valence-corrected chi connectivity index (χ1v) is 6.22. The van der Waals surface area contributed by atoms with Gasteiger partial charge in [0, 0.05) is 24.6 Å². The number of aromatic hydroxyl groups is 1. The molecule has 1 aliphatic rings. The molecule has 1 heterocycles. The van der Waals surface area contributed by atoms with Crippen LogP contribution in [0.15, 0.2) is 18.2 Å². The number of aliphatic carboxylic acids is 1. The minimum atomic E-state index is -0.821. The van der Waals surface area contributed by atoms with Crippen molar-refractivity contribution in [3.8, 4) is 5.75 Å². The lowest BCUT2D eigenvalue weighted by molar-refractivity contribution is -0.144. The highest BCUT2D eigenvalue weighted by molar-refractivity contribution is 5.96. The SMILES string of the molecule is Cc1cc(O)ccc1C(=O)N1CC(C(C)C(=O)O)C1. The van der Waals surface area contributed by atoms with Crippen molar-refractivity contribution >= 4 is 11.9 Å². The summed E-state index contributed by atoms with van der Waals surface area (Å²) in [6.45, 7) is 4.39. The third-order valence-electron chi connectivity index (χ3n) is 3.73. The fourth-order valence-electron chi connectivity index (χ4n) is 2.25. The molecular weight excluding hydrogens is 246 g/mol. The zero-order valence-electron chi connectivity index (χ0n) is 11.0. The highest BCUT2D eigenvalue weighted by Crippen LogP contribution is 2.27. The number of hydrogen-bond donors (Lipinski definition) is 2. The Morgan fingerprint density at radius 1 is 1.37 bits per heavy atom. The van der Waals surface area contributed by atoms with Gasteiger partial charge in [0.1, 0.15) is 5.75 Å². The summed E-state index contributed by atoms with van der Waals surface area (Å²) in [6, 6.07) is 4.63. The Bertz CT molecular complexity index is 520. The second kappa shape index (κ2) is 4.91. The van der Waals surface area contributed by atoms with Crippen LogP contribution in [0.25, 0.3) is 0 Å². The molecule has 1 amide bonds. The lowest BCUT2D eigenvalue weighted by Crippen LogP contribution is -2.53. The van der Waals surface area contributed by atoms with E-state index in [1.165, 1.54) is 6.07 Å². The molecule has 0 saturated carbocycles. The van der Waals surface area contributed by atoms with E-state index in [-0.39, 0.29) is 17.6 Å². The third kappa shape index (κ3) is 2.54. The molecule has 0 radical (unpaired) electrons. The van der Waals surface area contributed by atoms with Crippen molar-refractivity contribution in [2.45, 2.75) is 13.8 Å². The largest absolute Gasteiger partial charge is 0.508 e. The summed E-state index contributed by atoms with van der Waals surface area (Å²) in [5.41, 5.74) is 1.28. The van der Waals surface area contributed by atoms with Crippen LogP contribution in [0.2, 0.25) is 0 Å². The smallest absolute Gasteiger partial charge is 0.306 e. The Morgan fingerprint density at radius 2 is 2.00 bits per heavy atom. The number of carbonyl (C=O) groups is 2. The topological polar surface area (TPSA) is 77.8 Å². The van der Waals surface area contributed by atoms with Gasteiger partial charge in [0.15, 0.2) is 0 Å². The van der Waals surface area contributed by atoms with Crippen LogP contribution >= 0.6 is 0 Å². The van der Waals surface area contributed by atoms with Gasteiger partial charge in [0.25, 0.3) is 5.91 Å². The number of phenolic OH excluding ortho intramolecular Hbond substituents is 1. The molecule has 102 valence electrons. The minimum absolute atomic E-state index is 0.0267. The van der Waals surface area contributed by atoms with E-state index in [2.05, 4.69) is 0 Å². The van der Waals surface area contributed by atoms with E-state index in [0.29, 0.717) is 18.7 Å². The maximum absolute atomic E-state index is 12.2. The Labute approximate surface area is 111 Å².